The topological polar surface area (TPSA) is 49.8 Å². The van der Waals surface area contributed by atoms with E-state index < -0.39 is 6.10 Å². The smallest absolute Gasteiger partial charge is 0.233 e. The van der Waals surface area contributed by atoms with Crippen LogP contribution in [-0.4, -0.2) is 11.0 Å². The molecule has 1 saturated heterocycles. The normalized spacial score (nSPS) is 17.8. The van der Waals surface area contributed by atoms with Crippen LogP contribution in [0.25, 0.3) is 0 Å². The second kappa shape index (κ2) is 10.9. The number of nitrogens with zero attached hydrogens (tertiary/aromatic N) is 1. The van der Waals surface area contributed by atoms with E-state index >= 15 is 0 Å². The van der Waals surface area contributed by atoms with Gasteiger partial charge in [-0.15, -0.1) is 0 Å². The Morgan fingerprint density at radius 3 is 2.08 bits per heavy atom. The zero-order valence-electron chi connectivity index (χ0n) is 20.1. The zero-order chi connectivity index (χ0) is 25.8. The first-order chi connectivity index (χ1) is 18.0. The maximum absolute atomic E-state index is 13.5. The average Bonchev–Trinajstić information content (AvgIpc) is 2.93. The number of ether oxygens (including phenoxy) is 1. The Kier molecular flexibility index (Phi) is 7.28. The summed E-state index contributed by atoms with van der Waals surface area (Å²) in [7, 11) is 0. The highest BCUT2D eigenvalue weighted by Crippen LogP contribution is 2.46. The minimum atomic E-state index is -0.803. The zero-order valence-corrected chi connectivity index (χ0v) is 20.1. The van der Waals surface area contributed by atoms with Gasteiger partial charge in [-0.1, -0.05) is 54.6 Å². The number of aliphatic hydroxyl groups excluding tert-OH is 1. The second-order valence-electron chi connectivity index (χ2n) is 9.22. The molecule has 0 radical (unpaired) electrons. The number of aliphatic hydroxyl groups is 1. The highest BCUT2D eigenvalue weighted by molar-refractivity contribution is 6.03. The van der Waals surface area contributed by atoms with Gasteiger partial charge in [0.05, 0.1) is 18.1 Å². The van der Waals surface area contributed by atoms with Crippen LogP contribution in [0, 0.1) is 17.6 Å². The molecule has 4 nitrogen and oxygen atoms in total. The lowest BCUT2D eigenvalue weighted by Crippen LogP contribution is -2.55. The van der Waals surface area contributed by atoms with Crippen molar-refractivity contribution < 1.29 is 23.4 Å². The molecule has 0 spiro atoms. The molecule has 188 valence electrons. The standard InChI is InChI=1S/C31H27F2NO3/c32-24-10-6-22(7-11-24)29(35)19-18-28-30(34(31(28)36)26-14-12-25(33)13-15-26)23-8-16-27(17-9-23)37-20-21-4-2-1-3-5-21/h1-17,28-30,35H,18-20H2/t28-,29-,30+/m0/s1. The number of carbonyl (C=O) groups excluding carboxylic acids is 1. The minimum Gasteiger partial charge on any atom is -0.489 e. The van der Waals surface area contributed by atoms with Crippen molar-refractivity contribution in [2.75, 3.05) is 4.90 Å². The van der Waals surface area contributed by atoms with E-state index in [0.717, 1.165) is 16.9 Å². The van der Waals surface area contributed by atoms with E-state index in [9.17, 15) is 18.7 Å². The van der Waals surface area contributed by atoms with Crippen molar-refractivity contribution in [3.8, 4) is 5.75 Å². The lowest BCUT2D eigenvalue weighted by Gasteiger charge is -2.48. The summed E-state index contributed by atoms with van der Waals surface area (Å²) in [5.74, 6) is -0.443. The van der Waals surface area contributed by atoms with Gasteiger partial charge >= 0.3 is 0 Å². The summed E-state index contributed by atoms with van der Waals surface area (Å²) in [6.07, 6.45) is 0.00255. The van der Waals surface area contributed by atoms with Crippen molar-refractivity contribution in [1.82, 2.24) is 0 Å². The van der Waals surface area contributed by atoms with Gasteiger partial charge in [0.15, 0.2) is 0 Å². The van der Waals surface area contributed by atoms with Gasteiger partial charge in [0.25, 0.3) is 0 Å². The fraction of sp³-hybridized carbons (Fsp3) is 0.194. The number of rotatable bonds is 9. The van der Waals surface area contributed by atoms with Crippen molar-refractivity contribution in [2.45, 2.75) is 31.6 Å². The van der Waals surface area contributed by atoms with Crippen molar-refractivity contribution >= 4 is 11.6 Å². The van der Waals surface area contributed by atoms with Crippen LogP contribution in [0.5, 0.6) is 5.75 Å². The molecule has 1 aliphatic rings. The molecule has 6 heteroatoms. The van der Waals surface area contributed by atoms with Crippen LogP contribution in [0.1, 0.15) is 41.7 Å². The van der Waals surface area contributed by atoms with Crippen LogP contribution < -0.4 is 9.64 Å². The molecule has 1 N–H and O–H groups in total. The lowest BCUT2D eigenvalue weighted by molar-refractivity contribution is -0.131. The van der Waals surface area contributed by atoms with Crippen molar-refractivity contribution in [3.63, 3.8) is 0 Å². The molecule has 3 atom stereocenters. The number of hydrogen-bond donors (Lipinski definition) is 1. The summed E-state index contributed by atoms with van der Waals surface area (Å²) in [5.41, 5.74) is 3.23. The lowest BCUT2D eigenvalue weighted by atomic mass is 9.78. The highest BCUT2D eigenvalue weighted by atomic mass is 19.1. The van der Waals surface area contributed by atoms with E-state index in [1.165, 1.54) is 24.3 Å². The molecule has 1 heterocycles. The molecule has 4 aromatic rings. The predicted molar refractivity (Wildman–Crippen MR) is 138 cm³/mol. The first-order valence-electron chi connectivity index (χ1n) is 12.3. The van der Waals surface area contributed by atoms with E-state index in [4.69, 9.17) is 4.74 Å². The largest absolute Gasteiger partial charge is 0.489 e. The van der Waals surface area contributed by atoms with Gasteiger partial charge in [-0.2, -0.15) is 0 Å². The van der Waals surface area contributed by atoms with E-state index in [1.807, 2.05) is 54.6 Å². The van der Waals surface area contributed by atoms with Crippen LogP contribution in [0.2, 0.25) is 0 Å². The SMILES string of the molecule is O=C1[C@@H](CC[C@H](O)c2ccc(F)cc2)[C@@H](c2ccc(OCc3ccccc3)cc2)N1c1ccc(F)cc1. The Labute approximate surface area is 214 Å². The van der Waals surface area contributed by atoms with E-state index in [0.29, 0.717) is 30.7 Å². The number of hydrogen-bond acceptors (Lipinski definition) is 3. The number of amides is 1. The van der Waals surface area contributed by atoms with Gasteiger partial charge in [0, 0.05) is 5.69 Å². The number of halogens is 2. The van der Waals surface area contributed by atoms with Crippen LogP contribution in [-0.2, 0) is 11.4 Å². The third-order valence-corrected chi connectivity index (χ3v) is 6.79. The van der Waals surface area contributed by atoms with Gasteiger partial charge in [-0.25, -0.2) is 8.78 Å². The van der Waals surface area contributed by atoms with Crippen LogP contribution in [0.3, 0.4) is 0 Å². The molecule has 1 aliphatic heterocycles. The predicted octanol–water partition coefficient (Wildman–Crippen LogP) is 6.76. The Hall–Kier alpha value is -4.03. The first kappa shape index (κ1) is 24.7. The van der Waals surface area contributed by atoms with Crippen molar-refractivity contribution in [3.05, 3.63) is 131 Å². The van der Waals surface area contributed by atoms with Crippen LogP contribution in [0.15, 0.2) is 103 Å². The summed E-state index contributed by atoms with van der Waals surface area (Å²) in [4.78, 5) is 14.9. The van der Waals surface area contributed by atoms with Crippen molar-refractivity contribution in [2.24, 2.45) is 5.92 Å². The second-order valence-corrected chi connectivity index (χ2v) is 9.22. The first-order valence-corrected chi connectivity index (χ1v) is 12.3. The summed E-state index contributed by atoms with van der Waals surface area (Å²) < 4.78 is 32.7. The molecule has 4 aromatic carbocycles. The van der Waals surface area contributed by atoms with Gasteiger partial charge in [-0.05, 0) is 78.1 Å². The highest BCUT2D eigenvalue weighted by Gasteiger charge is 2.48. The van der Waals surface area contributed by atoms with Gasteiger partial charge < -0.3 is 14.7 Å². The molecule has 0 saturated carbocycles. The number of β-lactam (4-membered cyclic amide) rings is 1. The molecular formula is C31H27F2NO3. The summed E-state index contributed by atoms with van der Waals surface area (Å²) in [6.45, 7) is 0.452. The molecule has 37 heavy (non-hydrogen) atoms. The Morgan fingerprint density at radius 1 is 0.811 bits per heavy atom. The molecule has 0 unspecified atom stereocenters. The van der Waals surface area contributed by atoms with Crippen molar-refractivity contribution in [1.29, 1.82) is 0 Å². The molecule has 5 rings (SSSR count). The summed E-state index contributed by atoms with van der Waals surface area (Å²) in [6, 6.07) is 28.9. The van der Waals surface area contributed by atoms with Gasteiger partial charge in [-0.3, -0.25) is 4.79 Å². The quantitative estimate of drug-likeness (QED) is 0.259. The van der Waals surface area contributed by atoms with E-state index in [1.54, 1.807) is 29.2 Å². The number of benzene rings is 4. The maximum atomic E-state index is 13.5. The molecule has 0 bridgehead atoms. The fourth-order valence-electron chi connectivity index (χ4n) is 4.79. The third kappa shape index (κ3) is 5.54. The summed E-state index contributed by atoms with van der Waals surface area (Å²) in [5, 5.41) is 10.6. The Morgan fingerprint density at radius 2 is 1.43 bits per heavy atom. The number of anilines is 1. The molecule has 1 amide bonds. The molecule has 0 aliphatic carbocycles. The summed E-state index contributed by atoms with van der Waals surface area (Å²) >= 11 is 0. The Balaban J connectivity index is 1.32. The number of carbonyl (C=O) groups is 1. The monoisotopic (exact) mass is 499 g/mol. The maximum Gasteiger partial charge on any atom is 0.233 e. The van der Waals surface area contributed by atoms with Crippen LogP contribution in [0.4, 0.5) is 14.5 Å². The molecule has 1 fully saturated rings. The molecule has 0 aromatic heterocycles. The average molecular weight is 500 g/mol. The van der Waals surface area contributed by atoms with E-state index in [-0.39, 0.29) is 29.5 Å². The minimum absolute atomic E-state index is 0.0766. The fourth-order valence-corrected chi connectivity index (χ4v) is 4.79. The third-order valence-electron chi connectivity index (χ3n) is 6.79. The van der Waals surface area contributed by atoms with Crippen LogP contribution >= 0.6 is 0 Å². The van der Waals surface area contributed by atoms with Gasteiger partial charge in [0.1, 0.15) is 24.0 Å². The van der Waals surface area contributed by atoms with Gasteiger partial charge in [0.2, 0.25) is 5.91 Å². The molecular weight excluding hydrogens is 472 g/mol. The Bertz CT molecular complexity index is 1330. The van der Waals surface area contributed by atoms with E-state index in [2.05, 4.69) is 0 Å².